The molecule has 0 amide bonds. The first kappa shape index (κ1) is 18.6. The number of nitrogen functional groups attached to an aromatic ring is 1. The van der Waals surface area contributed by atoms with E-state index in [2.05, 4.69) is 66.1 Å². The number of nitrogens with one attached hydrogen (secondary N) is 1. The average molecular weight is 354 g/mol. The molecule has 1 aliphatic heterocycles. The lowest BCUT2D eigenvalue weighted by molar-refractivity contribution is 0.234. The fourth-order valence-corrected chi connectivity index (χ4v) is 3.88. The zero-order chi connectivity index (χ0) is 18.7. The summed E-state index contributed by atoms with van der Waals surface area (Å²) in [5.41, 5.74) is 10.4. The minimum Gasteiger partial charge on any atom is -0.368 e. The Kier molecular flexibility index (Phi) is 5.77. The smallest absolute Gasteiger partial charge is 0.222 e. The Morgan fingerprint density at radius 3 is 2.58 bits per heavy atom. The predicted octanol–water partition coefficient (Wildman–Crippen LogP) is 3.87. The largest absolute Gasteiger partial charge is 0.368 e. The van der Waals surface area contributed by atoms with Crippen molar-refractivity contribution in [3.63, 3.8) is 0 Å². The van der Waals surface area contributed by atoms with Crippen LogP contribution in [0, 0.1) is 19.8 Å². The highest BCUT2D eigenvalue weighted by molar-refractivity contribution is 5.65. The van der Waals surface area contributed by atoms with Crippen LogP contribution in [0.25, 0.3) is 11.3 Å². The molecule has 0 spiro atoms. The number of hydrogen-bond acceptors (Lipinski definition) is 5. The number of aromatic nitrogens is 2. The molecule has 5 nitrogen and oxygen atoms in total. The molecule has 26 heavy (non-hydrogen) atoms. The van der Waals surface area contributed by atoms with Crippen LogP contribution < -0.4 is 11.1 Å². The van der Waals surface area contributed by atoms with Gasteiger partial charge in [0.2, 0.25) is 5.95 Å². The van der Waals surface area contributed by atoms with Crippen LogP contribution in [0.4, 0.5) is 11.8 Å². The van der Waals surface area contributed by atoms with Gasteiger partial charge in [-0.2, -0.15) is 4.98 Å². The maximum atomic E-state index is 5.98. The standard InChI is InChI=1S/C21H31N5/c1-14(2)13-26-7-5-6-18(26)12-23-20-11-19(24-21(22)25-20)17-9-15(3)8-16(4)10-17/h8-11,14,18H,5-7,12-13H2,1-4H3,(H3,22,23,24,25). The van der Waals surface area contributed by atoms with Crippen molar-refractivity contribution in [1.29, 1.82) is 0 Å². The maximum Gasteiger partial charge on any atom is 0.222 e. The molecule has 1 atom stereocenters. The van der Waals surface area contributed by atoms with Gasteiger partial charge in [-0.05, 0) is 51.3 Å². The zero-order valence-electron chi connectivity index (χ0n) is 16.4. The Bertz CT molecular complexity index is 736. The summed E-state index contributed by atoms with van der Waals surface area (Å²) in [5, 5.41) is 3.50. The third-order valence-corrected chi connectivity index (χ3v) is 4.88. The van der Waals surface area contributed by atoms with Gasteiger partial charge < -0.3 is 11.1 Å². The summed E-state index contributed by atoms with van der Waals surface area (Å²) < 4.78 is 0. The molecule has 1 fully saturated rings. The second kappa shape index (κ2) is 8.04. The Labute approximate surface area is 157 Å². The second-order valence-electron chi connectivity index (χ2n) is 7.94. The second-order valence-corrected chi connectivity index (χ2v) is 7.94. The molecule has 0 aliphatic carbocycles. The highest BCUT2D eigenvalue weighted by Crippen LogP contribution is 2.24. The van der Waals surface area contributed by atoms with Crippen LogP contribution in [-0.4, -0.2) is 40.5 Å². The van der Waals surface area contributed by atoms with E-state index < -0.39 is 0 Å². The van der Waals surface area contributed by atoms with Crippen molar-refractivity contribution in [3.8, 4) is 11.3 Å². The molecule has 1 aromatic carbocycles. The first-order valence-corrected chi connectivity index (χ1v) is 9.62. The number of nitrogens with zero attached hydrogens (tertiary/aromatic N) is 3. The third kappa shape index (κ3) is 4.73. The van der Waals surface area contributed by atoms with E-state index >= 15 is 0 Å². The van der Waals surface area contributed by atoms with Gasteiger partial charge in [0.1, 0.15) is 5.82 Å². The van der Waals surface area contributed by atoms with Crippen molar-refractivity contribution in [1.82, 2.24) is 14.9 Å². The molecule has 1 aliphatic rings. The Hall–Kier alpha value is -2.14. The highest BCUT2D eigenvalue weighted by atomic mass is 15.2. The van der Waals surface area contributed by atoms with E-state index in [0.29, 0.717) is 17.9 Å². The molecular weight excluding hydrogens is 322 g/mol. The number of aryl methyl sites for hydroxylation is 2. The lowest BCUT2D eigenvalue weighted by Crippen LogP contribution is -2.37. The summed E-state index contributed by atoms with van der Waals surface area (Å²) in [5.74, 6) is 1.82. The van der Waals surface area contributed by atoms with Crippen molar-refractivity contribution >= 4 is 11.8 Å². The Morgan fingerprint density at radius 1 is 1.15 bits per heavy atom. The highest BCUT2D eigenvalue weighted by Gasteiger charge is 2.24. The number of benzene rings is 1. The van der Waals surface area contributed by atoms with Gasteiger partial charge in [0.05, 0.1) is 5.69 Å². The minimum absolute atomic E-state index is 0.314. The molecule has 2 heterocycles. The van der Waals surface area contributed by atoms with Crippen LogP contribution in [0.15, 0.2) is 24.3 Å². The van der Waals surface area contributed by atoms with E-state index in [1.165, 1.54) is 30.5 Å². The van der Waals surface area contributed by atoms with Gasteiger partial charge in [-0.25, -0.2) is 4.98 Å². The summed E-state index contributed by atoms with van der Waals surface area (Å²) in [7, 11) is 0. The van der Waals surface area contributed by atoms with Crippen LogP contribution in [0.2, 0.25) is 0 Å². The zero-order valence-corrected chi connectivity index (χ0v) is 16.4. The van der Waals surface area contributed by atoms with Gasteiger partial charge in [-0.15, -0.1) is 0 Å². The SMILES string of the molecule is Cc1cc(C)cc(-c2cc(NCC3CCCN3CC(C)C)nc(N)n2)c1. The molecule has 1 saturated heterocycles. The quantitative estimate of drug-likeness (QED) is 0.825. The monoisotopic (exact) mass is 353 g/mol. The van der Waals surface area contributed by atoms with Crippen molar-refractivity contribution in [2.45, 2.75) is 46.6 Å². The Morgan fingerprint density at radius 2 is 1.88 bits per heavy atom. The molecule has 1 aromatic heterocycles. The van der Waals surface area contributed by atoms with Gasteiger partial charge >= 0.3 is 0 Å². The van der Waals surface area contributed by atoms with Crippen LogP contribution >= 0.6 is 0 Å². The summed E-state index contributed by atoms with van der Waals surface area (Å²) in [4.78, 5) is 11.4. The lowest BCUT2D eigenvalue weighted by atomic mass is 10.0. The van der Waals surface area contributed by atoms with Crippen LogP contribution in [-0.2, 0) is 0 Å². The molecule has 1 unspecified atom stereocenters. The van der Waals surface area contributed by atoms with E-state index in [0.717, 1.165) is 30.2 Å². The van der Waals surface area contributed by atoms with Crippen molar-refractivity contribution in [3.05, 3.63) is 35.4 Å². The lowest BCUT2D eigenvalue weighted by Gasteiger charge is -2.26. The molecule has 0 bridgehead atoms. The van der Waals surface area contributed by atoms with Gasteiger partial charge in [0.15, 0.2) is 0 Å². The van der Waals surface area contributed by atoms with Gasteiger partial charge in [-0.1, -0.05) is 31.0 Å². The van der Waals surface area contributed by atoms with Gasteiger partial charge in [0, 0.05) is 30.8 Å². The average Bonchev–Trinajstić information content (AvgIpc) is 2.98. The Balaban J connectivity index is 1.74. The van der Waals surface area contributed by atoms with E-state index in [1.54, 1.807) is 0 Å². The van der Waals surface area contributed by atoms with Gasteiger partial charge in [-0.3, -0.25) is 4.90 Å². The maximum absolute atomic E-state index is 5.98. The molecule has 0 radical (unpaired) electrons. The molecular formula is C21H31N5. The molecule has 3 rings (SSSR count). The summed E-state index contributed by atoms with van der Waals surface area (Å²) in [6.45, 7) is 12.0. The van der Waals surface area contributed by atoms with Crippen LogP contribution in [0.3, 0.4) is 0 Å². The normalized spacial score (nSPS) is 17.8. The fraction of sp³-hybridized carbons (Fsp3) is 0.524. The first-order chi connectivity index (χ1) is 12.4. The van der Waals surface area contributed by atoms with Crippen molar-refractivity contribution < 1.29 is 0 Å². The molecule has 140 valence electrons. The molecule has 2 aromatic rings. The van der Waals surface area contributed by atoms with E-state index in [-0.39, 0.29) is 0 Å². The molecule has 3 N–H and O–H groups in total. The van der Waals surface area contributed by atoms with Crippen LogP contribution in [0.5, 0.6) is 0 Å². The first-order valence-electron chi connectivity index (χ1n) is 9.62. The van der Waals surface area contributed by atoms with E-state index in [4.69, 9.17) is 5.73 Å². The van der Waals surface area contributed by atoms with Gasteiger partial charge in [0.25, 0.3) is 0 Å². The number of anilines is 2. The fourth-order valence-electron chi connectivity index (χ4n) is 3.88. The number of nitrogens with two attached hydrogens (primary N) is 1. The topological polar surface area (TPSA) is 67.1 Å². The summed E-state index contributed by atoms with van der Waals surface area (Å²) in [6, 6.07) is 9.01. The summed E-state index contributed by atoms with van der Waals surface area (Å²) >= 11 is 0. The number of likely N-dealkylation sites (tertiary alicyclic amines) is 1. The predicted molar refractivity (Wildman–Crippen MR) is 109 cm³/mol. The minimum atomic E-state index is 0.314. The number of rotatable bonds is 6. The number of hydrogen-bond donors (Lipinski definition) is 2. The molecule has 5 heteroatoms. The van der Waals surface area contributed by atoms with Crippen molar-refractivity contribution in [2.24, 2.45) is 5.92 Å². The van der Waals surface area contributed by atoms with E-state index in [9.17, 15) is 0 Å². The summed E-state index contributed by atoms with van der Waals surface area (Å²) in [6.07, 6.45) is 2.52. The molecule has 0 saturated carbocycles. The van der Waals surface area contributed by atoms with E-state index in [1.807, 2.05) is 6.07 Å². The van der Waals surface area contributed by atoms with Crippen molar-refractivity contribution in [2.75, 3.05) is 30.7 Å². The van der Waals surface area contributed by atoms with Crippen LogP contribution in [0.1, 0.15) is 37.8 Å². The third-order valence-electron chi connectivity index (χ3n) is 4.88.